The Morgan fingerprint density at radius 3 is 2.33 bits per heavy atom. The number of carbonyl (C=O) groups excluding carboxylic acids is 5. The van der Waals surface area contributed by atoms with E-state index in [1.54, 1.807) is 42.5 Å². The number of hydrogen-bond donors (Lipinski definition) is 4. The number of carbonyl (C=O) groups is 5. The number of nitrogens with zero attached hydrogens (tertiary/aromatic N) is 1. The molecule has 1 unspecified atom stereocenters. The van der Waals surface area contributed by atoms with Gasteiger partial charge in [-0.25, -0.2) is 0 Å². The maximum Gasteiger partial charge on any atom is 0.264 e. The van der Waals surface area contributed by atoms with Gasteiger partial charge in [0.2, 0.25) is 17.7 Å². The third-order valence-corrected chi connectivity index (χ3v) is 6.55. The van der Waals surface area contributed by atoms with Gasteiger partial charge in [0.05, 0.1) is 37.6 Å². The van der Waals surface area contributed by atoms with Crippen LogP contribution in [0.1, 0.15) is 40.5 Å². The van der Waals surface area contributed by atoms with Crippen LogP contribution in [-0.2, 0) is 23.9 Å². The average molecular weight is 582 g/mol. The lowest BCUT2D eigenvalue weighted by molar-refractivity contribution is -0.136. The summed E-state index contributed by atoms with van der Waals surface area (Å²) in [5.41, 5.74) is 1.65. The molecule has 0 aromatic heterocycles. The summed E-state index contributed by atoms with van der Waals surface area (Å²) in [5, 5.41) is 11.3. The van der Waals surface area contributed by atoms with E-state index in [4.69, 9.17) is 14.2 Å². The van der Waals surface area contributed by atoms with E-state index in [9.17, 15) is 24.0 Å². The molecule has 0 aliphatic carbocycles. The number of piperidine rings is 1. The topological polar surface area (TPSA) is 164 Å². The largest absolute Gasteiger partial charge is 0.491 e. The number of imide groups is 2. The predicted molar refractivity (Wildman–Crippen MR) is 152 cm³/mol. The van der Waals surface area contributed by atoms with Gasteiger partial charge in [-0.05, 0) is 42.8 Å². The molecule has 2 aliphatic heterocycles. The first-order chi connectivity index (χ1) is 20.3. The van der Waals surface area contributed by atoms with E-state index in [-0.39, 0.29) is 29.9 Å². The van der Waals surface area contributed by atoms with Crippen LogP contribution in [0.15, 0.2) is 42.5 Å². The Hall–Kier alpha value is -4.33. The number of amides is 5. The number of anilines is 2. The second kappa shape index (κ2) is 15.1. The summed E-state index contributed by atoms with van der Waals surface area (Å²) >= 11 is 0. The number of fused-ring (bicyclic) bond motifs is 1. The summed E-state index contributed by atoms with van der Waals surface area (Å²) in [4.78, 5) is 61.7. The number of hydrogen-bond acceptors (Lipinski definition) is 10. The quantitative estimate of drug-likeness (QED) is 0.167. The summed E-state index contributed by atoms with van der Waals surface area (Å²) in [5.74, 6) is -1.57. The zero-order chi connectivity index (χ0) is 29.9. The molecule has 2 aromatic carbocycles. The molecule has 5 amide bonds. The summed E-state index contributed by atoms with van der Waals surface area (Å²) in [7, 11) is 0. The van der Waals surface area contributed by atoms with E-state index in [0.717, 1.165) is 4.90 Å². The molecule has 4 N–H and O–H groups in total. The molecule has 1 saturated heterocycles. The van der Waals surface area contributed by atoms with Crippen molar-refractivity contribution in [1.29, 1.82) is 0 Å². The van der Waals surface area contributed by atoms with Gasteiger partial charge in [-0.3, -0.25) is 34.2 Å². The zero-order valence-corrected chi connectivity index (χ0v) is 23.4. The van der Waals surface area contributed by atoms with E-state index in [2.05, 4.69) is 21.3 Å². The number of rotatable bonds is 16. The van der Waals surface area contributed by atoms with Crippen LogP contribution in [0.3, 0.4) is 0 Å². The number of ether oxygens (including phenoxy) is 3. The molecular weight excluding hydrogens is 546 g/mol. The Bertz CT molecular complexity index is 1300. The fourth-order valence-electron chi connectivity index (χ4n) is 4.59. The number of nitrogens with one attached hydrogen (secondary N) is 4. The molecule has 0 spiro atoms. The average Bonchev–Trinajstić information content (AvgIpc) is 3.22. The van der Waals surface area contributed by atoms with Crippen molar-refractivity contribution in [2.45, 2.75) is 25.8 Å². The molecule has 0 radical (unpaired) electrons. The molecule has 0 saturated carbocycles. The molecular formula is C29H35N5O8. The molecule has 2 heterocycles. The van der Waals surface area contributed by atoms with Crippen molar-refractivity contribution in [1.82, 2.24) is 15.5 Å². The van der Waals surface area contributed by atoms with Gasteiger partial charge in [-0.15, -0.1) is 0 Å². The molecule has 1 fully saturated rings. The first-order valence-electron chi connectivity index (χ1n) is 13.8. The second-order valence-corrected chi connectivity index (χ2v) is 9.63. The maximum absolute atomic E-state index is 13.1. The van der Waals surface area contributed by atoms with E-state index in [1.165, 1.54) is 6.92 Å². The fraction of sp³-hybridized carbons (Fsp3) is 0.414. The highest BCUT2D eigenvalue weighted by atomic mass is 16.5. The first kappa shape index (κ1) is 30.6. The summed E-state index contributed by atoms with van der Waals surface area (Å²) < 4.78 is 16.8. The standard InChI is InChI=1S/C29H35N5O8/c1-19(35)32-20-5-7-21(8-6-20)42-18-17-41-15-12-30-11-14-40-16-13-31-23-4-2-3-22-26(23)29(39)34(28(22)38)24-9-10-25(36)33-27(24)37/h2-8,24,30-31H,9-18H2,1H3,(H,32,35)(H,33,36,37). The van der Waals surface area contributed by atoms with Crippen LogP contribution < -0.4 is 26.0 Å². The fourth-order valence-corrected chi connectivity index (χ4v) is 4.59. The minimum atomic E-state index is -1.00. The van der Waals surface area contributed by atoms with Crippen LogP contribution in [-0.4, -0.2) is 93.1 Å². The van der Waals surface area contributed by atoms with Crippen LogP contribution in [0.5, 0.6) is 5.75 Å². The van der Waals surface area contributed by atoms with Crippen LogP contribution in [0, 0.1) is 0 Å². The normalized spacial score (nSPS) is 16.3. The first-order valence-corrected chi connectivity index (χ1v) is 13.8. The SMILES string of the molecule is CC(=O)Nc1ccc(OCCOCCNCCOCCNc2cccc3c2C(=O)N(C2CCC(=O)NC2=O)C3=O)cc1. The molecule has 42 heavy (non-hydrogen) atoms. The smallest absolute Gasteiger partial charge is 0.264 e. The Balaban J connectivity index is 1.05. The lowest BCUT2D eigenvalue weighted by Gasteiger charge is -2.27. The van der Waals surface area contributed by atoms with Gasteiger partial charge in [0.1, 0.15) is 18.4 Å². The molecule has 13 heteroatoms. The highest BCUT2D eigenvalue weighted by molar-refractivity contribution is 6.25. The minimum Gasteiger partial charge on any atom is -0.491 e. The third-order valence-electron chi connectivity index (χ3n) is 6.55. The van der Waals surface area contributed by atoms with Crippen LogP contribution in [0.25, 0.3) is 0 Å². The monoisotopic (exact) mass is 581 g/mol. The van der Waals surface area contributed by atoms with E-state index in [1.807, 2.05) is 0 Å². The Labute approximate surface area is 243 Å². The van der Waals surface area contributed by atoms with Crippen molar-refractivity contribution >= 4 is 40.9 Å². The van der Waals surface area contributed by atoms with Gasteiger partial charge in [-0.1, -0.05) is 6.07 Å². The molecule has 2 aliphatic rings. The van der Waals surface area contributed by atoms with Gasteiger partial charge in [0, 0.05) is 44.4 Å². The molecule has 2 aromatic rings. The zero-order valence-electron chi connectivity index (χ0n) is 23.4. The lowest BCUT2D eigenvalue weighted by Crippen LogP contribution is -2.54. The van der Waals surface area contributed by atoms with Crippen molar-refractivity contribution in [2.75, 3.05) is 63.3 Å². The second-order valence-electron chi connectivity index (χ2n) is 9.63. The molecule has 0 bridgehead atoms. The predicted octanol–water partition coefficient (Wildman–Crippen LogP) is 1.16. The molecule has 4 rings (SSSR count). The van der Waals surface area contributed by atoms with Crippen molar-refractivity contribution in [3.05, 3.63) is 53.6 Å². The van der Waals surface area contributed by atoms with E-state index in [0.29, 0.717) is 69.8 Å². The Morgan fingerprint density at radius 2 is 1.62 bits per heavy atom. The third kappa shape index (κ3) is 8.12. The van der Waals surface area contributed by atoms with Gasteiger partial charge in [0.15, 0.2) is 0 Å². The van der Waals surface area contributed by atoms with Gasteiger partial charge in [-0.2, -0.15) is 0 Å². The van der Waals surface area contributed by atoms with Crippen molar-refractivity contribution in [2.24, 2.45) is 0 Å². The van der Waals surface area contributed by atoms with Crippen molar-refractivity contribution in [3.8, 4) is 5.75 Å². The lowest BCUT2D eigenvalue weighted by atomic mass is 10.0. The van der Waals surface area contributed by atoms with Crippen molar-refractivity contribution < 1.29 is 38.2 Å². The molecule has 13 nitrogen and oxygen atoms in total. The number of benzene rings is 2. The van der Waals surface area contributed by atoms with Crippen LogP contribution in [0.4, 0.5) is 11.4 Å². The highest BCUT2D eigenvalue weighted by Crippen LogP contribution is 2.32. The highest BCUT2D eigenvalue weighted by Gasteiger charge is 2.45. The summed E-state index contributed by atoms with van der Waals surface area (Å²) in [6, 6.07) is 11.0. The molecule has 224 valence electrons. The van der Waals surface area contributed by atoms with Crippen LogP contribution >= 0.6 is 0 Å². The Morgan fingerprint density at radius 1 is 0.905 bits per heavy atom. The van der Waals surface area contributed by atoms with Gasteiger partial charge >= 0.3 is 0 Å². The molecule has 1 atom stereocenters. The van der Waals surface area contributed by atoms with Gasteiger partial charge < -0.3 is 30.2 Å². The van der Waals surface area contributed by atoms with E-state index >= 15 is 0 Å². The van der Waals surface area contributed by atoms with Gasteiger partial charge in [0.25, 0.3) is 11.8 Å². The Kier molecular flexibility index (Phi) is 11.0. The van der Waals surface area contributed by atoms with Crippen LogP contribution in [0.2, 0.25) is 0 Å². The summed E-state index contributed by atoms with van der Waals surface area (Å²) in [6.45, 7) is 5.39. The van der Waals surface area contributed by atoms with Crippen molar-refractivity contribution in [3.63, 3.8) is 0 Å². The minimum absolute atomic E-state index is 0.0717. The van der Waals surface area contributed by atoms with E-state index < -0.39 is 29.7 Å². The maximum atomic E-state index is 13.1. The summed E-state index contributed by atoms with van der Waals surface area (Å²) in [6.07, 6.45) is 0.182.